The maximum Gasteiger partial charge on any atom is 0.255 e. The van der Waals surface area contributed by atoms with E-state index in [9.17, 15) is 14.0 Å². The van der Waals surface area contributed by atoms with Crippen molar-refractivity contribution in [3.05, 3.63) is 59.4 Å². The first-order valence-corrected chi connectivity index (χ1v) is 8.74. The summed E-state index contributed by atoms with van der Waals surface area (Å²) in [4.78, 5) is 25.5. The standard InChI is InChI=1S/C20H22FN3O3/c1-12-10-24(11-13(2)27-12)18-7-6-16(9-17(18)21)23-20(26)15-5-3-4-14(8-15)19(22)25/h3-9,12-13H,10-11H2,1-2H3,(H2,22,25)(H,23,26)/t12-,13-/m1/s1. The average Bonchev–Trinajstić information content (AvgIpc) is 2.61. The van der Waals surface area contributed by atoms with Gasteiger partial charge in [-0.15, -0.1) is 0 Å². The molecule has 6 nitrogen and oxygen atoms in total. The first-order chi connectivity index (χ1) is 12.8. The van der Waals surface area contributed by atoms with Gasteiger partial charge < -0.3 is 20.7 Å². The second-order valence-electron chi connectivity index (χ2n) is 6.73. The average molecular weight is 371 g/mol. The fraction of sp³-hybridized carbons (Fsp3) is 0.300. The summed E-state index contributed by atoms with van der Waals surface area (Å²) >= 11 is 0. The number of halogens is 1. The zero-order valence-corrected chi connectivity index (χ0v) is 15.2. The molecule has 0 aromatic heterocycles. The molecule has 142 valence electrons. The van der Waals surface area contributed by atoms with Crippen LogP contribution in [0.5, 0.6) is 0 Å². The summed E-state index contributed by atoms with van der Waals surface area (Å²) in [6.07, 6.45) is 0.0372. The van der Waals surface area contributed by atoms with Crippen LogP contribution in [0.25, 0.3) is 0 Å². The molecule has 0 bridgehead atoms. The summed E-state index contributed by atoms with van der Waals surface area (Å²) in [7, 11) is 0. The molecule has 0 aliphatic carbocycles. The van der Waals surface area contributed by atoms with E-state index in [4.69, 9.17) is 10.5 Å². The highest BCUT2D eigenvalue weighted by Gasteiger charge is 2.24. The van der Waals surface area contributed by atoms with Crippen molar-refractivity contribution in [2.24, 2.45) is 5.73 Å². The molecule has 0 saturated carbocycles. The van der Waals surface area contributed by atoms with Crippen molar-refractivity contribution < 1.29 is 18.7 Å². The Morgan fingerprint density at radius 3 is 2.41 bits per heavy atom. The molecule has 7 heteroatoms. The van der Waals surface area contributed by atoms with E-state index in [1.165, 1.54) is 18.2 Å². The van der Waals surface area contributed by atoms with Crippen LogP contribution in [0.15, 0.2) is 42.5 Å². The number of hydrogen-bond acceptors (Lipinski definition) is 4. The maximum absolute atomic E-state index is 14.6. The third kappa shape index (κ3) is 4.43. The Labute approximate surface area is 157 Å². The Balaban J connectivity index is 1.75. The Kier molecular flexibility index (Phi) is 5.41. The monoisotopic (exact) mass is 371 g/mol. The molecule has 27 heavy (non-hydrogen) atoms. The van der Waals surface area contributed by atoms with Gasteiger partial charge in [-0.25, -0.2) is 4.39 Å². The predicted octanol–water partition coefficient (Wildman–Crippen LogP) is 2.79. The highest BCUT2D eigenvalue weighted by atomic mass is 19.1. The van der Waals surface area contributed by atoms with Crippen molar-refractivity contribution in [2.45, 2.75) is 26.1 Å². The van der Waals surface area contributed by atoms with Crippen LogP contribution in [0.2, 0.25) is 0 Å². The summed E-state index contributed by atoms with van der Waals surface area (Å²) in [5, 5.41) is 2.64. The number of amides is 2. The molecular weight excluding hydrogens is 349 g/mol. The molecule has 3 N–H and O–H groups in total. The number of anilines is 2. The van der Waals surface area contributed by atoms with Crippen LogP contribution in [0.4, 0.5) is 15.8 Å². The van der Waals surface area contributed by atoms with Gasteiger partial charge in [0.15, 0.2) is 0 Å². The molecule has 0 spiro atoms. The smallest absolute Gasteiger partial charge is 0.255 e. The zero-order valence-electron chi connectivity index (χ0n) is 15.2. The van der Waals surface area contributed by atoms with Gasteiger partial charge in [-0.1, -0.05) is 6.07 Å². The Morgan fingerprint density at radius 2 is 1.78 bits per heavy atom. The van der Waals surface area contributed by atoms with E-state index in [1.54, 1.807) is 24.3 Å². The highest BCUT2D eigenvalue weighted by molar-refractivity contribution is 6.06. The van der Waals surface area contributed by atoms with E-state index < -0.39 is 17.6 Å². The number of nitrogens with one attached hydrogen (secondary N) is 1. The number of morpholine rings is 1. The molecule has 2 amide bonds. The van der Waals surface area contributed by atoms with E-state index in [1.807, 2.05) is 18.7 Å². The highest BCUT2D eigenvalue weighted by Crippen LogP contribution is 2.26. The molecule has 1 saturated heterocycles. The van der Waals surface area contributed by atoms with Crippen LogP contribution in [-0.4, -0.2) is 37.1 Å². The van der Waals surface area contributed by atoms with Gasteiger partial charge in [0.25, 0.3) is 5.91 Å². The Morgan fingerprint density at radius 1 is 1.11 bits per heavy atom. The number of hydrogen-bond donors (Lipinski definition) is 2. The lowest BCUT2D eigenvalue weighted by Gasteiger charge is -2.37. The molecule has 0 unspecified atom stereocenters. The number of rotatable bonds is 4. The molecule has 1 fully saturated rings. The SMILES string of the molecule is C[C@@H]1CN(c2ccc(NC(=O)c3cccc(C(N)=O)c3)cc2F)C[C@@H](C)O1. The second-order valence-corrected chi connectivity index (χ2v) is 6.73. The molecule has 0 radical (unpaired) electrons. The third-order valence-corrected chi connectivity index (χ3v) is 4.38. The fourth-order valence-electron chi connectivity index (χ4n) is 3.23. The van der Waals surface area contributed by atoms with Crippen molar-refractivity contribution in [3.8, 4) is 0 Å². The van der Waals surface area contributed by atoms with Crippen molar-refractivity contribution >= 4 is 23.2 Å². The Hall–Kier alpha value is -2.93. The molecule has 3 rings (SSSR count). The fourth-order valence-corrected chi connectivity index (χ4v) is 3.23. The van der Waals surface area contributed by atoms with Gasteiger partial charge in [-0.05, 0) is 50.2 Å². The van der Waals surface area contributed by atoms with Gasteiger partial charge in [0.1, 0.15) is 5.82 Å². The van der Waals surface area contributed by atoms with Crippen LogP contribution < -0.4 is 16.0 Å². The normalized spacial score (nSPS) is 19.6. The van der Waals surface area contributed by atoms with E-state index in [-0.39, 0.29) is 23.3 Å². The lowest BCUT2D eigenvalue weighted by atomic mass is 10.1. The number of carbonyl (C=O) groups is 2. The topological polar surface area (TPSA) is 84.7 Å². The third-order valence-electron chi connectivity index (χ3n) is 4.38. The molecule has 1 heterocycles. The number of nitrogens with two attached hydrogens (primary N) is 1. The molecule has 2 atom stereocenters. The van der Waals surface area contributed by atoms with Crippen LogP contribution in [-0.2, 0) is 4.74 Å². The first kappa shape index (κ1) is 18.8. The zero-order chi connectivity index (χ0) is 19.6. The van der Waals surface area contributed by atoms with Crippen LogP contribution in [0, 0.1) is 5.82 Å². The summed E-state index contributed by atoms with van der Waals surface area (Å²) in [5.41, 5.74) is 6.55. The van der Waals surface area contributed by atoms with E-state index in [0.717, 1.165) is 0 Å². The minimum absolute atomic E-state index is 0.0186. The number of primary amides is 1. The van der Waals surface area contributed by atoms with E-state index in [2.05, 4.69) is 5.32 Å². The van der Waals surface area contributed by atoms with Crippen molar-refractivity contribution in [3.63, 3.8) is 0 Å². The van der Waals surface area contributed by atoms with Gasteiger partial charge >= 0.3 is 0 Å². The van der Waals surface area contributed by atoms with Crippen molar-refractivity contribution in [1.29, 1.82) is 0 Å². The molecular formula is C20H22FN3O3. The van der Waals surface area contributed by atoms with Gasteiger partial charge in [-0.2, -0.15) is 0 Å². The minimum atomic E-state index is -0.617. The molecule has 1 aliphatic heterocycles. The number of benzene rings is 2. The second kappa shape index (κ2) is 7.75. The summed E-state index contributed by atoms with van der Waals surface area (Å²) < 4.78 is 20.3. The van der Waals surface area contributed by atoms with Crippen LogP contribution in [0.3, 0.4) is 0 Å². The van der Waals surface area contributed by atoms with Gasteiger partial charge in [0.05, 0.1) is 17.9 Å². The van der Waals surface area contributed by atoms with Crippen LogP contribution in [0.1, 0.15) is 34.6 Å². The summed E-state index contributed by atoms with van der Waals surface area (Å²) in [6.45, 7) is 5.12. The summed E-state index contributed by atoms with van der Waals surface area (Å²) in [5.74, 6) is -1.48. The predicted molar refractivity (Wildman–Crippen MR) is 102 cm³/mol. The minimum Gasteiger partial charge on any atom is -0.372 e. The molecule has 2 aromatic carbocycles. The summed E-state index contributed by atoms with van der Waals surface area (Å²) in [6, 6.07) is 10.6. The maximum atomic E-state index is 14.6. The largest absolute Gasteiger partial charge is 0.372 e. The van der Waals surface area contributed by atoms with Gasteiger partial charge in [-0.3, -0.25) is 9.59 Å². The van der Waals surface area contributed by atoms with Crippen molar-refractivity contribution in [2.75, 3.05) is 23.3 Å². The lowest BCUT2D eigenvalue weighted by molar-refractivity contribution is -0.00539. The lowest BCUT2D eigenvalue weighted by Crippen LogP contribution is -2.45. The van der Waals surface area contributed by atoms with E-state index in [0.29, 0.717) is 24.5 Å². The molecule has 1 aliphatic rings. The van der Waals surface area contributed by atoms with Gasteiger partial charge in [0.2, 0.25) is 5.91 Å². The number of nitrogens with zero attached hydrogens (tertiary/aromatic N) is 1. The van der Waals surface area contributed by atoms with Gasteiger partial charge in [0, 0.05) is 29.9 Å². The van der Waals surface area contributed by atoms with E-state index >= 15 is 0 Å². The number of carbonyl (C=O) groups excluding carboxylic acids is 2. The first-order valence-electron chi connectivity index (χ1n) is 8.74. The quantitative estimate of drug-likeness (QED) is 0.866. The van der Waals surface area contributed by atoms with Crippen molar-refractivity contribution in [1.82, 2.24) is 0 Å². The number of ether oxygens (including phenoxy) is 1. The Bertz CT molecular complexity index is 861. The molecule has 2 aromatic rings. The van der Waals surface area contributed by atoms with Crippen LogP contribution >= 0.6 is 0 Å².